The highest BCUT2D eigenvalue weighted by Crippen LogP contribution is 2.39. The highest BCUT2D eigenvalue weighted by molar-refractivity contribution is 7.17. The van der Waals surface area contributed by atoms with Gasteiger partial charge in [0.25, 0.3) is 11.8 Å². The second-order valence-corrected chi connectivity index (χ2v) is 8.56. The van der Waals surface area contributed by atoms with Gasteiger partial charge in [0.05, 0.1) is 5.56 Å². The van der Waals surface area contributed by atoms with Gasteiger partial charge in [-0.3, -0.25) is 14.6 Å². The third-order valence-corrected chi connectivity index (χ3v) is 6.57. The van der Waals surface area contributed by atoms with E-state index in [1.165, 1.54) is 11.3 Å². The number of carbonyl (C=O) groups is 2. The van der Waals surface area contributed by atoms with Crippen LogP contribution in [0.1, 0.15) is 32.8 Å². The van der Waals surface area contributed by atoms with Crippen LogP contribution >= 0.6 is 11.3 Å². The summed E-state index contributed by atoms with van der Waals surface area (Å²) in [5.74, 6) is 0.648. The van der Waals surface area contributed by atoms with Crippen molar-refractivity contribution in [1.82, 2.24) is 10.3 Å². The first-order valence-corrected chi connectivity index (χ1v) is 11.0. The van der Waals surface area contributed by atoms with Crippen LogP contribution in [0.25, 0.3) is 0 Å². The Morgan fingerprint density at radius 3 is 2.84 bits per heavy atom. The normalized spacial score (nSPS) is 16.5. The standard InChI is InChI=1S/C23H21N3O4S/c27-21(18-13-29-16-7-1-2-8-17(16)30-18)26-23-20(15-6-3-9-19(15)31-23)22(28)25-12-14-5-4-10-24-11-14/h1-2,4-5,7-8,10-11,18H,3,6,9,12-13H2,(H,25,28)(H,26,27)/t18-/m0/s1. The minimum atomic E-state index is -0.779. The number of hydrogen-bond donors (Lipinski definition) is 2. The molecule has 0 saturated carbocycles. The smallest absolute Gasteiger partial charge is 0.269 e. The predicted molar refractivity (Wildman–Crippen MR) is 117 cm³/mol. The van der Waals surface area contributed by atoms with Gasteiger partial charge in [0.1, 0.15) is 11.6 Å². The Morgan fingerprint density at radius 1 is 1.13 bits per heavy atom. The molecule has 7 nitrogen and oxygen atoms in total. The topological polar surface area (TPSA) is 89.6 Å². The first-order chi connectivity index (χ1) is 15.2. The molecule has 2 aromatic heterocycles. The Labute approximate surface area is 183 Å². The molecule has 3 aromatic rings. The number of pyridine rings is 1. The molecule has 158 valence electrons. The highest BCUT2D eigenvalue weighted by atomic mass is 32.1. The summed E-state index contributed by atoms with van der Waals surface area (Å²) in [6.07, 6.45) is 5.43. The van der Waals surface area contributed by atoms with E-state index in [-0.39, 0.29) is 18.4 Å². The van der Waals surface area contributed by atoms with Gasteiger partial charge in [-0.1, -0.05) is 18.2 Å². The number of aromatic nitrogens is 1. The molecule has 2 aliphatic rings. The number of aryl methyl sites for hydroxylation is 1. The summed E-state index contributed by atoms with van der Waals surface area (Å²) < 4.78 is 11.5. The molecule has 0 bridgehead atoms. The number of fused-ring (bicyclic) bond motifs is 2. The van der Waals surface area contributed by atoms with Gasteiger partial charge in [-0.2, -0.15) is 0 Å². The Balaban J connectivity index is 1.33. The molecule has 1 atom stereocenters. The monoisotopic (exact) mass is 435 g/mol. The number of para-hydroxylation sites is 2. The van der Waals surface area contributed by atoms with Gasteiger partial charge in [0.2, 0.25) is 6.10 Å². The van der Waals surface area contributed by atoms with Gasteiger partial charge in [-0.05, 0) is 48.6 Å². The molecule has 0 fully saturated rings. The Morgan fingerprint density at radius 2 is 2.00 bits per heavy atom. The number of nitrogens with one attached hydrogen (secondary N) is 2. The van der Waals surface area contributed by atoms with Crippen molar-refractivity contribution in [3.8, 4) is 11.5 Å². The molecule has 2 amide bonds. The number of amides is 2. The maximum absolute atomic E-state index is 13.0. The van der Waals surface area contributed by atoms with E-state index in [2.05, 4.69) is 15.6 Å². The van der Waals surface area contributed by atoms with E-state index in [4.69, 9.17) is 9.47 Å². The van der Waals surface area contributed by atoms with Crippen molar-refractivity contribution in [2.45, 2.75) is 31.9 Å². The van der Waals surface area contributed by atoms with Crippen molar-refractivity contribution < 1.29 is 19.1 Å². The largest absolute Gasteiger partial charge is 0.485 e. The van der Waals surface area contributed by atoms with Gasteiger partial charge in [0, 0.05) is 23.8 Å². The van der Waals surface area contributed by atoms with Crippen molar-refractivity contribution in [2.75, 3.05) is 11.9 Å². The van der Waals surface area contributed by atoms with Gasteiger partial charge in [0.15, 0.2) is 11.5 Å². The summed E-state index contributed by atoms with van der Waals surface area (Å²) in [4.78, 5) is 31.2. The molecule has 3 heterocycles. The molecule has 0 radical (unpaired) electrons. The van der Waals surface area contributed by atoms with Crippen LogP contribution in [-0.4, -0.2) is 29.5 Å². The molecule has 0 saturated heterocycles. The second-order valence-electron chi connectivity index (χ2n) is 7.46. The minimum absolute atomic E-state index is 0.122. The van der Waals surface area contributed by atoms with Crippen LogP contribution in [0.5, 0.6) is 11.5 Å². The predicted octanol–water partition coefficient (Wildman–Crippen LogP) is 3.34. The summed E-state index contributed by atoms with van der Waals surface area (Å²) in [5.41, 5.74) is 2.52. The van der Waals surface area contributed by atoms with E-state index in [1.54, 1.807) is 24.5 Å². The fourth-order valence-corrected chi connectivity index (χ4v) is 5.14. The lowest BCUT2D eigenvalue weighted by molar-refractivity contribution is -0.125. The second kappa shape index (κ2) is 8.39. The van der Waals surface area contributed by atoms with Crippen LogP contribution in [-0.2, 0) is 24.2 Å². The van der Waals surface area contributed by atoms with Gasteiger partial charge >= 0.3 is 0 Å². The fourth-order valence-electron chi connectivity index (χ4n) is 3.85. The maximum atomic E-state index is 13.0. The molecule has 0 unspecified atom stereocenters. The molecule has 2 N–H and O–H groups in total. The first-order valence-electron chi connectivity index (χ1n) is 10.2. The van der Waals surface area contributed by atoms with E-state index < -0.39 is 6.10 Å². The summed E-state index contributed by atoms with van der Waals surface area (Å²) in [5, 5.41) is 6.45. The number of rotatable bonds is 5. The lowest BCUT2D eigenvalue weighted by Crippen LogP contribution is -2.40. The van der Waals surface area contributed by atoms with Crippen LogP contribution in [0.2, 0.25) is 0 Å². The SMILES string of the molecule is O=C(NCc1cccnc1)c1c(NC(=O)[C@@H]2COc3ccccc3O2)sc2c1CCC2. The van der Waals surface area contributed by atoms with Crippen molar-refractivity contribution in [3.63, 3.8) is 0 Å². The number of anilines is 1. The highest BCUT2D eigenvalue weighted by Gasteiger charge is 2.31. The summed E-state index contributed by atoms with van der Waals surface area (Å²) in [7, 11) is 0. The lowest BCUT2D eigenvalue weighted by atomic mass is 10.1. The molecular weight excluding hydrogens is 414 g/mol. The van der Waals surface area contributed by atoms with E-state index in [9.17, 15) is 9.59 Å². The average molecular weight is 436 g/mol. The molecule has 1 aliphatic heterocycles. The number of ether oxygens (including phenoxy) is 2. The van der Waals surface area contributed by atoms with E-state index in [0.717, 1.165) is 35.3 Å². The molecule has 1 aliphatic carbocycles. The fraction of sp³-hybridized carbons (Fsp3) is 0.261. The summed E-state index contributed by atoms with van der Waals surface area (Å²) in [6.45, 7) is 0.498. The molecule has 31 heavy (non-hydrogen) atoms. The van der Waals surface area contributed by atoms with Gasteiger partial charge in [-0.25, -0.2) is 0 Å². The van der Waals surface area contributed by atoms with Crippen molar-refractivity contribution in [3.05, 3.63) is 70.4 Å². The number of thiophene rings is 1. The number of benzene rings is 1. The Hall–Kier alpha value is -3.39. The van der Waals surface area contributed by atoms with Crippen LogP contribution in [0.3, 0.4) is 0 Å². The van der Waals surface area contributed by atoms with Crippen LogP contribution in [0, 0.1) is 0 Å². The van der Waals surface area contributed by atoms with Crippen molar-refractivity contribution >= 4 is 28.2 Å². The van der Waals surface area contributed by atoms with Gasteiger partial charge < -0.3 is 20.1 Å². The molecule has 5 rings (SSSR count). The van der Waals surface area contributed by atoms with Crippen molar-refractivity contribution in [2.24, 2.45) is 0 Å². The lowest BCUT2D eigenvalue weighted by Gasteiger charge is -2.25. The van der Waals surface area contributed by atoms with Crippen molar-refractivity contribution in [1.29, 1.82) is 0 Å². The zero-order chi connectivity index (χ0) is 21.2. The van der Waals surface area contributed by atoms with E-state index >= 15 is 0 Å². The molecule has 1 aromatic carbocycles. The maximum Gasteiger partial charge on any atom is 0.269 e. The average Bonchev–Trinajstić information content (AvgIpc) is 3.38. The van der Waals surface area contributed by atoms with E-state index in [0.29, 0.717) is 28.6 Å². The zero-order valence-corrected chi connectivity index (χ0v) is 17.5. The number of carbonyl (C=O) groups excluding carboxylic acids is 2. The molecular formula is C23H21N3O4S. The first kappa shape index (κ1) is 19.6. The minimum Gasteiger partial charge on any atom is -0.485 e. The summed E-state index contributed by atoms with van der Waals surface area (Å²) >= 11 is 1.48. The zero-order valence-electron chi connectivity index (χ0n) is 16.7. The molecule has 8 heteroatoms. The van der Waals surface area contributed by atoms with Crippen LogP contribution in [0.15, 0.2) is 48.8 Å². The Kier molecular flexibility index (Phi) is 5.30. The van der Waals surface area contributed by atoms with E-state index in [1.807, 2.05) is 24.3 Å². The van der Waals surface area contributed by atoms with Gasteiger partial charge in [-0.15, -0.1) is 11.3 Å². The third-order valence-electron chi connectivity index (χ3n) is 5.36. The molecule has 0 spiro atoms. The third kappa shape index (κ3) is 3.98. The number of hydrogen-bond acceptors (Lipinski definition) is 6. The quantitative estimate of drug-likeness (QED) is 0.642. The summed E-state index contributed by atoms with van der Waals surface area (Å²) in [6, 6.07) is 11.0. The van der Waals surface area contributed by atoms with Crippen LogP contribution in [0.4, 0.5) is 5.00 Å². The Bertz CT molecular complexity index is 1130. The number of nitrogens with zero attached hydrogens (tertiary/aromatic N) is 1. The van der Waals surface area contributed by atoms with Crippen LogP contribution < -0.4 is 20.1 Å².